The largest absolute Gasteiger partial charge is 0.325 e. The van der Waals surface area contributed by atoms with Crippen LogP contribution < -0.4 is 10.6 Å². The molecule has 36 heavy (non-hydrogen) atoms. The van der Waals surface area contributed by atoms with E-state index < -0.39 is 5.54 Å². The molecule has 6 nitrogen and oxygen atoms in total. The van der Waals surface area contributed by atoms with E-state index in [-0.39, 0.29) is 11.9 Å². The Balaban J connectivity index is 1.69. The van der Waals surface area contributed by atoms with Crippen molar-refractivity contribution in [1.29, 1.82) is 0 Å². The van der Waals surface area contributed by atoms with Gasteiger partial charge in [-0.2, -0.15) is 0 Å². The Morgan fingerprint density at radius 3 is 2.25 bits per heavy atom. The number of likely N-dealkylation sites (N-methyl/N-ethyl adjacent to an activating group) is 1. The molecule has 0 aromatic heterocycles. The lowest BCUT2D eigenvalue weighted by Crippen LogP contribution is -2.48. The molecule has 4 rings (SSSR count). The first-order valence-corrected chi connectivity index (χ1v) is 12.7. The monoisotopic (exact) mass is 524 g/mol. The van der Waals surface area contributed by atoms with Crippen molar-refractivity contribution in [2.75, 3.05) is 37.8 Å². The average molecular weight is 525 g/mol. The van der Waals surface area contributed by atoms with Crippen molar-refractivity contribution in [3.8, 4) is 0 Å². The molecule has 0 radical (unpaired) electrons. The lowest BCUT2D eigenvalue weighted by molar-refractivity contribution is -0.123. The smallest absolute Gasteiger partial charge is 0.321 e. The Hall–Kier alpha value is -3.06. The van der Waals surface area contributed by atoms with E-state index in [4.69, 9.17) is 23.2 Å². The van der Waals surface area contributed by atoms with Gasteiger partial charge < -0.3 is 15.5 Å². The van der Waals surface area contributed by atoms with E-state index in [1.54, 1.807) is 11.0 Å². The number of hydrogen-bond acceptors (Lipinski definition) is 3. The summed E-state index contributed by atoms with van der Waals surface area (Å²) in [5, 5.41) is 7.10. The van der Waals surface area contributed by atoms with Gasteiger partial charge in [-0.15, -0.1) is 0 Å². The zero-order valence-corrected chi connectivity index (χ0v) is 22.4. The van der Waals surface area contributed by atoms with Gasteiger partial charge in [-0.25, -0.2) is 4.79 Å². The number of amides is 3. The van der Waals surface area contributed by atoms with Gasteiger partial charge in [0.2, 0.25) is 0 Å². The third-order valence-electron chi connectivity index (χ3n) is 6.73. The highest BCUT2D eigenvalue weighted by molar-refractivity contribution is 6.32. The molecular formula is C28H30Cl2N4O2. The van der Waals surface area contributed by atoms with Crippen LogP contribution in [0.4, 0.5) is 16.2 Å². The Morgan fingerprint density at radius 1 is 0.972 bits per heavy atom. The third-order valence-corrected chi connectivity index (χ3v) is 7.27. The van der Waals surface area contributed by atoms with E-state index in [9.17, 15) is 9.59 Å². The maximum Gasteiger partial charge on any atom is 0.321 e. The van der Waals surface area contributed by atoms with Crippen LogP contribution in [0.2, 0.25) is 10.0 Å². The fraction of sp³-hybridized carbons (Fsp3) is 0.286. The predicted molar refractivity (Wildman–Crippen MR) is 147 cm³/mol. The second-order valence-corrected chi connectivity index (χ2v) is 9.85. The summed E-state index contributed by atoms with van der Waals surface area (Å²) < 4.78 is 0. The van der Waals surface area contributed by atoms with E-state index in [1.807, 2.05) is 87.4 Å². The lowest BCUT2D eigenvalue weighted by Gasteiger charge is -2.35. The minimum atomic E-state index is -1.11. The molecule has 3 amide bonds. The quantitative estimate of drug-likeness (QED) is 0.385. The Kier molecular flexibility index (Phi) is 7.59. The van der Waals surface area contributed by atoms with Crippen LogP contribution in [0.5, 0.6) is 0 Å². The number of rotatable bonds is 7. The molecule has 1 heterocycles. The summed E-state index contributed by atoms with van der Waals surface area (Å²) in [6.45, 7) is 5.19. The predicted octanol–water partition coefficient (Wildman–Crippen LogP) is 6.22. The number of nitrogens with one attached hydrogen (secondary N) is 2. The van der Waals surface area contributed by atoms with Gasteiger partial charge in [-0.3, -0.25) is 9.69 Å². The van der Waals surface area contributed by atoms with Crippen LogP contribution in [0.3, 0.4) is 0 Å². The van der Waals surface area contributed by atoms with Crippen LogP contribution >= 0.6 is 23.2 Å². The second kappa shape index (κ2) is 10.5. The van der Waals surface area contributed by atoms with E-state index in [0.717, 1.165) is 28.1 Å². The van der Waals surface area contributed by atoms with Gasteiger partial charge in [-0.05, 0) is 75.8 Å². The van der Waals surface area contributed by atoms with Gasteiger partial charge in [0.25, 0.3) is 5.91 Å². The number of nitrogens with zero attached hydrogens (tertiary/aromatic N) is 2. The van der Waals surface area contributed by atoms with E-state index >= 15 is 0 Å². The molecule has 1 unspecified atom stereocenters. The highest BCUT2D eigenvalue weighted by atomic mass is 35.5. The fourth-order valence-corrected chi connectivity index (χ4v) is 5.42. The molecule has 0 saturated carbocycles. The van der Waals surface area contributed by atoms with Crippen molar-refractivity contribution < 1.29 is 9.59 Å². The summed E-state index contributed by atoms with van der Waals surface area (Å²) in [6.07, 6.45) is 0.555. The number of fused-ring (bicyclic) bond motifs is 1. The van der Waals surface area contributed by atoms with Crippen molar-refractivity contribution in [2.24, 2.45) is 0 Å². The molecule has 0 bridgehead atoms. The summed E-state index contributed by atoms with van der Waals surface area (Å²) in [7, 11) is 3.73. The number of hydrogen-bond donors (Lipinski definition) is 2. The molecule has 2 N–H and O–H groups in total. The van der Waals surface area contributed by atoms with Crippen LogP contribution in [-0.4, -0.2) is 48.9 Å². The molecule has 3 aromatic carbocycles. The van der Waals surface area contributed by atoms with Crippen molar-refractivity contribution in [3.05, 3.63) is 93.0 Å². The average Bonchev–Trinajstić information content (AvgIpc) is 3.14. The number of halogens is 2. The van der Waals surface area contributed by atoms with Crippen LogP contribution in [-0.2, 0) is 16.8 Å². The second-order valence-electron chi connectivity index (χ2n) is 9.00. The van der Waals surface area contributed by atoms with Crippen molar-refractivity contribution in [1.82, 2.24) is 9.80 Å². The van der Waals surface area contributed by atoms with Gasteiger partial charge in [-0.1, -0.05) is 53.5 Å². The number of urea groups is 1. The van der Waals surface area contributed by atoms with Gasteiger partial charge in [0, 0.05) is 39.9 Å². The normalized spacial score (nSPS) is 16.6. The fourth-order valence-electron chi connectivity index (χ4n) is 4.91. The minimum absolute atomic E-state index is 0.122. The van der Waals surface area contributed by atoms with Gasteiger partial charge in [0.1, 0.15) is 0 Å². The zero-order valence-electron chi connectivity index (χ0n) is 20.9. The first-order chi connectivity index (χ1) is 17.2. The first kappa shape index (κ1) is 26.0. The molecule has 0 spiro atoms. The Morgan fingerprint density at radius 2 is 1.64 bits per heavy atom. The van der Waals surface area contributed by atoms with E-state index in [2.05, 4.69) is 10.6 Å². The van der Waals surface area contributed by atoms with Crippen LogP contribution in [0, 0.1) is 0 Å². The van der Waals surface area contributed by atoms with Crippen molar-refractivity contribution in [3.63, 3.8) is 0 Å². The maximum absolute atomic E-state index is 13.6. The zero-order chi connectivity index (χ0) is 26.0. The van der Waals surface area contributed by atoms with Crippen molar-refractivity contribution >= 4 is 46.5 Å². The molecule has 0 saturated heterocycles. The summed E-state index contributed by atoms with van der Waals surface area (Å²) in [5.74, 6) is -0.173. The summed E-state index contributed by atoms with van der Waals surface area (Å²) >= 11 is 13.2. The topological polar surface area (TPSA) is 64.7 Å². The number of carbonyl (C=O) groups is 2. The third kappa shape index (κ3) is 4.57. The molecule has 1 aliphatic heterocycles. The first-order valence-electron chi connectivity index (χ1n) is 11.9. The standard InChI is InChI=1S/C28H30Cl2N4O2/c1-5-34(6-2)27(36)31-21-13-11-18(12-14-21)15-19-16-20(29)17-23-25(19)32-26(35)28(23,33(3)4)22-9-7-8-10-24(22)30/h7-14,16-17H,5-6,15H2,1-4H3,(H,31,36)(H,32,35). The van der Waals surface area contributed by atoms with E-state index in [0.29, 0.717) is 35.1 Å². The SMILES string of the molecule is CCN(CC)C(=O)Nc1ccc(Cc2cc(Cl)cc3c2NC(=O)C3(c2ccccc2Cl)N(C)C)cc1. The summed E-state index contributed by atoms with van der Waals surface area (Å²) in [4.78, 5) is 29.6. The molecule has 3 aromatic rings. The maximum atomic E-state index is 13.6. The molecule has 188 valence electrons. The summed E-state index contributed by atoms with van der Waals surface area (Å²) in [5.41, 5.74) is 3.77. The molecular weight excluding hydrogens is 495 g/mol. The number of carbonyl (C=O) groups excluding carboxylic acids is 2. The van der Waals surface area contributed by atoms with Gasteiger partial charge in [0.15, 0.2) is 5.54 Å². The number of benzene rings is 3. The lowest BCUT2D eigenvalue weighted by atomic mass is 9.81. The molecule has 8 heteroatoms. The minimum Gasteiger partial charge on any atom is -0.325 e. The van der Waals surface area contributed by atoms with Gasteiger partial charge in [0.05, 0.1) is 5.69 Å². The Labute approximate surface area is 222 Å². The highest BCUT2D eigenvalue weighted by Gasteiger charge is 2.52. The highest BCUT2D eigenvalue weighted by Crippen LogP contribution is 2.49. The molecule has 1 aliphatic rings. The van der Waals surface area contributed by atoms with E-state index in [1.165, 1.54) is 0 Å². The van der Waals surface area contributed by atoms with Crippen LogP contribution in [0.1, 0.15) is 36.1 Å². The van der Waals surface area contributed by atoms with Crippen molar-refractivity contribution in [2.45, 2.75) is 25.8 Å². The molecule has 0 fully saturated rings. The van der Waals surface area contributed by atoms with Crippen LogP contribution in [0.15, 0.2) is 60.7 Å². The summed E-state index contributed by atoms with van der Waals surface area (Å²) in [6, 6.07) is 18.7. The Bertz CT molecular complexity index is 1290. The van der Waals surface area contributed by atoms with Gasteiger partial charge >= 0.3 is 6.03 Å². The molecule has 0 aliphatic carbocycles. The molecule has 1 atom stereocenters. The number of anilines is 2. The van der Waals surface area contributed by atoms with Crippen LogP contribution in [0.25, 0.3) is 0 Å².